The van der Waals surface area contributed by atoms with Crippen molar-refractivity contribution in [1.29, 1.82) is 0 Å². The Morgan fingerprint density at radius 2 is 1.62 bits per heavy atom. The normalized spacial score (nSPS) is 11.2. The average molecular weight is 463 g/mol. The molecule has 0 unspecified atom stereocenters. The van der Waals surface area contributed by atoms with Gasteiger partial charge in [0.15, 0.2) is 11.5 Å². The fraction of sp³-hybridized carbons (Fsp3) is 0.458. The number of hydrogen-bond acceptors (Lipinski definition) is 5. The first kappa shape index (κ1) is 25.5. The molecular weight excluding hydrogens is 428 g/mol. The monoisotopic (exact) mass is 462 g/mol. The molecule has 0 heterocycles. The highest BCUT2D eigenvalue weighted by atomic mass is 32.2. The summed E-state index contributed by atoms with van der Waals surface area (Å²) in [6, 6.07) is 11.4. The predicted octanol–water partition coefficient (Wildman–Crippen LogP) is 3.69. The molecule has 0 saturated heterocycles. The Kier molecular flexibility index (Phi) is 9.38. The Labute approximate surface area is 191 Å². The van der Waals surface area contributed by atoms with Crippen molar-refractivity contribution in [3.05, 3.63) is 53.1 Å². The van der Waals surface area contributed by atoms with E-state index in [4.69, 9.17) is 9.47 Å². The van der Waals surface area contributed by atoms with Gasteiger partial charge in [-0.1, -0.05) is 38.1 Å². The van der Waals surface area contributed by atoms with Gasteiger partial charge in [-0.15, -0.1) is 0 Å². The van der Waals surface area contributed by atoms with Crippen LogP contribution in [-0.4, -0.2) is 41.3 Å². The summed E-state index contributed by atoms with van der Waals surface area (Å²) in [6.07, 6.45) is 3.35. The quantitative estimate of drug-likeness (QED) is 0.520. The molecule has 0 spiro atoms. The summed E-state index contributed by atoms with van der Waals surface area (Å²) in [4.78, 5) is 12.4. The number of amides is 1. The van der Waals surface area contributed by atoms with E-state index in [-0.39, 0.29) is 18.9 Å². The summed E-state index contributed by atoms with van der Waals surface area (Å²) in [5.74, 6) is 1.10. The summed E-state index contributed by atoms with van der Waals surface area (Å²) < 4.78 is 37.1. The molecule has 2 aromatic carbocycles. The molecule has 0 aliphatic carbocycles. The largest absolute Gasteiger partial charge is 0.493 e. The minimum Gasteiger partial charge on any atom is -0.493 e. The molecule has 7 nitrogen and oxygen atoms in total. The number of ether oxygens (including phenoxy) is 2. The van der Waals surface area contributed by atoms with Crippen LogP contribution in [0.2, 0.25) is 0 Å². The Bertz CT molecular complexity index is 999. The Morgan fingerprint density at radius 3 is 2.16 bits per heavy atom. The highest BCUT2D eigenvalue weighted by Crippen LogP contribution is 2.29. The molecule has 176 valence electrons. The molecule has 0 aliphatic heterocycles. The lowest BCUT2D eigenvalue weighted by molar-refractivity contribution is -0.121. The third-order valence-corrected chi connectivity index (χ3v) is 6.48. The van der Waals surface area contributed by atoms with Gasteiger partial charge in [0.2, 0.25) is 15.9 Å². The van der Waals surface area contributed by atoms with Crippen molar-refractivity contribution in [1.82, 2.24) is 5.32 Å². The summed E-state index contributed by atoms with van der Waals surface area (Å²) in [5, 5.41) is 2.88. The van der Waals surface area contributed by atoms with Crippen LogP contribution in [0.5, 0.6) is 11.5 Å². The molecule has 0 fully saturated rings. The second-order valence-electron chi connectivity index (χ2n) is 7.54. The number of benzene rings is 2. The molecule has 0 radical (unpaired) electrons. The molecule has 0 saturated carbocycles. The number of sulfonamides is 1. The van der Waals surface area contributed by atoms with Crippen molar-refractivity contribution in [2.24, 2.45) is 0 Å². The van der Waals surface area contributed by atoms with Crippen LogP contribution >= 0.6 is 0 Å². The smallest absolute Gasteiger partial charge is 0.232 e. The topological polar surface area (TPSA) is 84.9 Å². The third kappa shape index (κ3) is 6.63. The number of aryl methyl sites for hydroxylation is 2. The number of hydrogen-bond donors (Lipinski definition) is 1. The van der Waals surface area contributed by atoms with Gasteiger partial charge in [-0.05, 0) is 48.1 Å². The number of anilines is 1. The van der Waals surface area contributed by atoms with E-state index in [2.05, 4.69) is 5.32 Å². The SMILES string of the molecule is CCc1cccc(CC)c1N(CCCC(=O)NCc1ccc(OC)c(OC)c1)S(C)(=O)=O. The van der Waals surface area contributed by atoms with Crippen LogP contribution in [-0.2, 0) is 34.2 Å². The zero-order chi connectivity index (χ0) is 23.7. The van der Waals surface area contributed by atoms with Gasteiger partial charge in [0, 0.05) is 19.5 Å². The van der Waals surface area contributed by atoms with E-state index in [1.54, 1.807) is 20.3 Å². The van der Waals surface area contributed by atoms with E-state index < -0.39 is 10.0 Å². The zero-order valence-corrected chi connectivity index (χ0v) is 20.4. The van der Waals surface area contributed by atoms with Crippen molar-refractivity contribution in [2.75, 3.05) is 31.3 Å². The van der Waals surface area contributed by atoms with E-state index >= 15 is 0 Å². The van der Waals surface area contributed by atoms with Crippen molar-refractivity contribution in [2.45, 2.75) is 46.1 Å². The Hall–Kier alpha value is -2.74. The van der Waals surface area contributed by atoms with Crippen LogP contribution in [0.4, 0.5) is 5.69 Å². The average Bonchev–Trinajstić information content (AvgIpc) is 2.78. The lowest BCUT2D eigenvalue weighted by Gasteiger charge is -2.27. The first-order chi connectivity index (χ1) is 15.2. The van der Waals surface area contributed by atoms with Gasteiger partial charge in [-0.2, -0.15) is 0 Å². The summed E-state index contributed by atoms with van der Waals surface area (Å²) >= 11 is 0. The van der Waals surface area contributed by atoms with Crippen LogP contribution < -0.4 is 19.1 Å². The second kappa shape index (κ2) is 11.8. The highest BCUT2D eigenvalue weighted by molar-refractivity contribution is 7.92. The molecule has 1 N–H and O–H groups in total. The fourth-order valence-corrected chi connectivity index (χ4v) is 4.67. The Morgan fingerprint density at radius 1 is 1.00 bits per heavy atom. The molecule has 32 heavy (non-hydrogen) atoms. The summed E-state index contributed by atoms with van der Waals surface area (Å²) in [6.45, 7) is 4.64. The van der Waals surface area contributed by atoms with Gasteiger partial charge in [0.05, 0.1) is 26.2 Å². The van der Waals surface area contributed by atoms with Crippen LogP contribution in [0, 0.1) is 0 Å². The maximum atomic E-state index is 12.6. The lowest BCUT2D eigenvalue weighted by Crippen LogP contribution is -2.33. The highest BCUT2D eigenvalue weighted by Gasteiger charge is 2.22. The first-order valence-corrected chi connectivity index (χ1v) is 12.7. The van der Waals surface area contributed by atoms with E-state index in [0.717, 1.165) is 35.2 Å². The van der Waals surface area contributed by atoms with Crippen LogP contribution in [0.15, 0.2) is 36.4 Å². The number of rotatable bonds is 12. The van der Waals surface area contributed by atoms with Gasteiger partial charge in [-0.3, -0.25) is 9.10 Å². The molecule has 0 aliphatic rings. The van der Waals surface area contributed by atoms with Crippen LogP contribution in [0.3, 0.4) is 0 Å². The summed E-state index contributed by atoms with van der Waals surface area (Å²) in [7, 11) is -0.340. The second-order valence-corrected chi connectivity index (χ2v) is 9.44. The van der Waals surface area contributed by atoms with Gasteiger partial charge in [0.1, 0.15) is 0 Å². The van der Waals surface area contributed by atoms with Crippen molar-refractivity contribution >= 4 is 21.6 Å². The van der Waals surface area contributed by atoms with Gasteiger partial charge < -0.3 is 14.8 Å². The molecule has 8 heteroatoms. The van der Waals surface area contributed by atoms with Crippen LogP contribution in [0.25, 0.3) is 0 Å². The number of carbonyl (C=O) groups is 1. The molecule has 0 bridgehead atoms. The number of methoxy groups -OCH3 is 2. The van der Waals surface area contributed by atoms with Gasteiger partial charge >= 0.3 is 0 Å². The van der Waals surface area contributed by atoms with E-state index in [1.165, 1.54) is 10.6 Å². The van der Waals surface area contributed by atoms with Gasteiger partial charge in [0.25, 0.3) is 0 Å². The molecule has 2 rings (SSSR count). The zero-order valence-electron chi connectivity index (χ0n) is 19.6. The van der Waals surface area contributed by atoms with E-state index in [1.807, 2.05) is 44.2 Å². The van der Waals surface area contributed by atoms with Crippen molar-refractivity contribution < 1.29 is 22.7 Å². The van der Waals surface area contributed by atoms with E-state index in [0.29, 0.717) is 24.5 Å². The summed E-state index contributed by atoms with van der Waals surface area (Å²) in [5.41, 5.74) is 3.63. The van der Waals surface area contributed by atoms with Gasteiger partial charge in [-0.25, -0.2) is 8.42 Å². The minimum atomic E-state index is -3.47. The molecule has 2 aromatic rings. The molecule has 0 atom stereocenters. The lowest BCUT2D eigenvalue weighted by atomic mass is 10.0. The van der Waals surface area contributed by atoms with E-state index in [9.17, 15) is 13.2 Å². The standard InChI is InChI=1S/C24H34N2O5S/c1-6-19-10-8-11-20(7-2)24(19)26(32(5,28)29)15-9-12-23(27)25-17-18-13-14-21(30-3)22(16-18)31-4/h8,10-11,13-14,16H,6-7,9,12,15,17H2,1-5H3,(H,25,27). The van der Waals surface area contributed by atoms with Crippen molar-refractivity contribution in [3.63, 3.8) is 0 Å². The number of para-hydroxylation sites is 1. The van der Waals surface area contributed by atoms with Crippen molar-refractivity contribution in [3.8, 4) is 11.5 Å². The van der Waals surface area contributed by atoms with Crippen LogP contribution in [0.1, 0.15) is 43.4 Å². The number of nitrogens with zero attached hydrogens (tertiary/aromatic N) is 1. The maximum absolute atomic E-state index is 12.6. The minimum absolute atomic E-state index is 0.132. The molecule has 1 amide bonds. The predicted molar refractivity (Wildman–Crippen MR) is 128 cm³/mol. The first-order valence-electron chi connectivity index (χ1n) is 10.8. The molecule has 0 aromatic heterocycles. The third-order valence-electron chi connectivity index (χ3n) is 5.32. The molecular formula is C24H34N2O5S. The maximum Gasteiger partial charge on any atom is 0.232 e. The Balaban J connectivity index is 2.02. The number of nitrogens with one attached hydrogen (secondary N) is 1. The number of carbonyl (C=O) groups excluding carboxylic acids is 1. The fourth-order valence-electron chi connectivity index (χ4n) is 3.64.